The van der Waals surface area contributed by atoms with E-state index in [4.69, 9.17) is 4.74 Å². The number of carbonyl (C=O) groups is 1. The van der Waals surface area contributed by atoms with Crippen LogP contribution in [-0.2, 0) is 16.0 Å². The fraction of sp³-hybridized carbons (Fsp3) is 0.667. The smallest absolute Gasteiger partial charge is 0.311 e. The lowest BCUT2D eigenvalue weighted by molar-refractivity contribution is -0.154. The van der Waals surface area contributed by atoms with Crippen LogP contribution in [0.1, 0.15) is 64.7 Å². The number of ether oxygens (including phenoxy) is 1. The van der Waals surface area contributed by atoms with Crippen molar-refractivity contribution >= 4 is 5.97 Å². The summed E-state index contributed by atoms with van der Waals surface area (Å²) < 4.78 is 5.60. The molecule has 1 rings (SSSR count). The Kier molecular flexibility index (Phi) is 6.44. The van der Waals surface area contributed by atoms with Gasteiger partial charge in [0.2, 0.25) is 0 Å². The van der Waals surface area contributed by atoms with E-state index in [0.29, 0.717) is 12.5 Å². The highest BCUT2D eigenvalue weighted by Gasteiger charge is 2.26. The molecule has 1 aromatic carbocycles. The van der Waals surface area contributed by atoms with Crippen molar-refractivity contribution in [3.63, 3.8) is 0 Å². The third-order valence-corrected chi connectivity index (χ3v) is 4.06. The van der Waals surface area contributed by atoms with Gasteiger partial charge in [-0.2, -0.15) is 0 Å². The lowest BCUT2D eigenvalue weighted by Crippen LogP contribution is -2.27. The van der Waals surface area contributed by atoms with Crippen LogP contribution >= 0.6 is 0 Å². The Bertz CT molecular complexity index is 530. The van der Waals surface area contributed by atoms with Gasteiger partial charge in [0.15, 0.2) is 0 Å². The Hall–Kier alpha value is -1.31. The van der Waals surface area contributed by atoms with Crippen molar-refractivity contribution < 1.29 is 9.53 Å². The van der Waals surface area contributed by atoms with Gasteiger partial charge in [0.25, 0.3) is 0 Å². The summed E-state index contributed by atoms with van der Waals surface area (Å²) in [6.07, 6.45) is 1.99. The normalized spacial score (nSPS) is 13.7. The molecule has 0 bridgehead atoms. The topological polar surface area (TPSA) is 26.3 Å². The van der Waals surface area contributed by atoms with Crippen LogP contribution in [0.5, 0.6) is 0 Å². The van der Waals surface area contributed by atoms with Crippen molar-refractivity contribution in [1.29, 1.82) is 0 Å². The predicted octanol–water partition coefficient (Wildman–Crippen LogP) is 5.49. The summed E-state index contributed by atoms with van der Waals surface area (Å²) in [4.78, 5) is 12.1. The largest absolute Gasteiger partial charge is 0.465 e. The highest BCUT2D eigenvalue weighted by atomic mass is 16.5. The molecule has 1 atom stereocenters. The molecule has 1 aromatic rings. The van der Waals surface area contributed by atoms with Crippen LogP contribution in [0, 0.1) is 30.6 Å². The van der Waals surface area contributed by atoms with E-state index >= 15 is 0 Å². The van der Waals surface area contributed by atoms with Gasteiger partial charge in [-0.3, -0.25) is 4.79 Å². The van der Waals surface area contributed by atoms with E-state index in [0.717, 1.165) is 12.8 Å². The maximum Gasteiger partial charge on any atom is 0.311 e. The van der Waals surface area contributed by atoms with Gasteiger partial charge in [-0.05, 0) is 75.5 Å². The van der Waals surface area contributed by atoms with Gasteiger partial charge in [0.05, 0.1) is 12.0 Å². The first-order valence-electron chi connectivity index (χ1n) is 8.62. The average molecular weight is 319 g/mol. The molecule has 130 valence electrons. The fourth-order valence-electron chi connectivity index (χ4n) is 2.73. The molecule has 23 heavy (non-hydrogen) atoms. The molecule has 0 spiro atoms. The summed E-state index contributed by atoms with van der Waals surface area (Å²) in [6.45, 7) is 17.2. The molecule has 0 saturated heterocycles. The van der Waals surface area contributed by atoms with Gasteiger partial charge < -0.3 is 4.74 Å². The maximum atomic E-state index is 12.1. The average Bonchev–Trinajstić information content (AvgIpc) is 2.37. The van der Waals surface area contributed by atoms with Crippen molar-refractivity contribution in [3.05, 3.63) is 34.9 Å². The van der Waals surface area contributed by atoms with Crippen molar-refractivity contribution in [1.82, 2.24) is 0 Å². The van der Waals surface area contributed by atoms with E-state index < -0.39 is 5.41 Å². The minimum atomic E-state index is -0.438. The standard InChI is InChI=1S/C21H34O2/c1-15-9-10-17(11-16(15)2)12-18(13-20(3,4)5)14-23-19(22)21(6,7)8/h9-11,18H,12-14H2,1-8H3. The summed E-state index contributed by atoms with van der Waals surface area (Å²) in [5.41, 5.74) is 3.75. The summed E-state index contributed by atoms with van der Waals surface area (Å²) in [5.74, 6) is 0.236. The Labute approximate surface area is 142 Å². The van der Waals surface area contributed by atoms with Gasteiger partial charge in [-0.1, -0.05) is 39.0 Å². The van der Waals surface area contributed by atoms with Gasteiger partial charge in [0, 0.05) is 0 Å². The molecule has 0 amide bonds. The molecule has 0 heterocycles. The van der Waals surface area contributed by atoms with Crippen LogP contribution in [0.3, 0.4) is 0 Å². The molecule has 0 aliphatic carbocycles. The number of esters is 1. The monoisotopic (exact) mass is 318 g/mol. The molecule has 0 saturated carbocycles. The summed E-state index contributed by atoms with van der Waals surface area (Å²) in [7, 11) is 0. The summed E-state index contributed by atoms with van der Waals surface area (Å²) >= 11 is 0. The second-order valence-electron chi connectivity index (χ2n) is 9.10. The van der Waals surface area contributed by atoms with Crippen molar-refractivity contribution in [2.24, 2.45) is 16.7 Å². The van der Waals surface area contributed by atoms with Crippen LogP contribution in [0.4, 0.5) is 0 Å². The highest BCUT2D eigenvalue weighted by Crippen LogP contribution is 2.28. The Morgan fingerprint density at radius 1 is 1.04 bits per heavy atom. The van der Waals surface area contributed by atoms with E-state index in [-0.39, 0.29) is 11.4 Å². The molecule has 2 nitrogen and oxygen atoms in total. The molecule has 2 heteroatoms. The van der Waals surface area contributed by atoms with Crippen molar-refractivity contribution in [2.45, 2.75) is 68.2 Å². The maximum absolute atomic E-state index is 12.1. The molecule has 0 aliphatic rings. The molecule has 0 N–H and O–H groups in total. The number of carbonyl (C=O) groups excluding carboxylic acids is 1. The van der Waals surface area contributed by atoms with Crippen LogP contribution in [-0.4, -0.2) is 12.6 Å². The number of hydrogen-bond donors (Lipinski definition) is 0. The van der Waals surface area contributed by atoms with E-state index in [2.05, 4.69) is 52.8 Å². The summed E-state index contributed by atoms with van der Waals surface area (Å²) in [6, 6.07) is 6.64. The SMILES string of the molecule is Cc1ccc(CC(COC(=O)C(C)(C)C)CC(C)(C)C)cc1C. The molecule has 0 radical (unpaired) electrons. The highest BCUT2D eigenvalue weighted by molar-refractivity contribution is 5.75. The molecule has 0 fully saturated rings. The van der Waals surface area contributed by atoms with Gasteiger partial charge >= 0.3 is 5.97 Å². The molecular weight excluding hydrogens is 284 g/mol. The second-order valence-corrected chi connectivity index (χ2v) is 9.10. The number of benzene rings is 1. The lowest BCUT2D eigenvalue weighted by atomic mass is 9.82. The van der Waals surface area contributed by atoms with E-state index in [1.807, 2.05) is 20.8 Å². The zero-order chi connectivity index (χ0) is 17.8. The molecule has 0 aromatic heterocycles. The molecule has 0 aliphatic heterocycles. The third kappa shape index (κ3) is 7.20. The first kappa shape index (κ1) is 19.7. The first-order chi connectivity index (χ1) is 10.4. The first-order valence-corrected chi connectivity index (χ1v) is 8.62. The zero-order valence-corrected chi connectivity index (χ0v) is 16.2. The van der Waals surface area contributed by atoms with E-state index in [1.165, 1.54) is 16.7 Å². The third-order valence-electron chi connectivity index (χ3n) is 4.06. The number of hydrogen-bond acceptors (Lipinski definition) is 2. The molecule has 1 unspecified atom stereocenters. The Morgan fingerprint density at radius 3 is 2.13 bits per heavy atom. The number of rotatable bonds is 5. The Morgan fingerprint density at radius 2 is 1.65 bits per heavy atom. The zero-order valence-electron chi connectivity index (χ0n) is 16.2. The second kappa shape index (κ2) is 7.51. The minimum absolute atomic E-state index is 0.114. The minimum Gasteiger partial charge on any atom is -0.465 e. The van der Waals surface area contributed by atoms with Crippen LogP contribution < -0.4 is 0 Å². The van der Waals surface area contributed by atoms with Crippen molar-refractivity contribution in [2.75, 3.05) is 6.61 Å². The van der Waals surface area contributed by atoms with E-state index in [9.17, 15) is 4.79 Å². The van der Waals surface area contributed by atoms with Gasteiger partial charge in [0.1, 0.15) is 0 Å². The summed E-state index contributed by atoms with van der Waals surface area (Å²) in [5, 5.41) is 0. The predicted molar refractivity (Wildman–Crippen MR) is 97.6 cm³/mol. The Balaban J connectivity index is 2.80. The van der Waals surface area contributed by atoms with Gasteiger partial charge in [-0.15, -0.1) is 0 Å². The van der Waals surface area contributed by atoms with Crippen LogP contribution in [0.15, 0.2) is 18.2 Å². The van der Waals surface area contributed by atoms with Crippen LogP contribution in [0.25, 0.3) is 0 Å². The number of aryl methyl sites for hydroxylation is 2. The van der Waals surface area contributed by atoms with Crippen LogP contribution in [0.2, 0.25) is 0 Å². The molecular formula is C21H34O2. The van der Waals surface area contributed by atoms with Gasteiger partial charge in [-0.25, -0.2) is 0 Å². The lowest BCUT2D eigenvalue weighted by Gasteiger charge is -2.27. The van der Waals surface area contributed by atoms with E-state index in [1.54, 1.807) is 0 Å². The van der Waals surface area contributed by atoms with Crippen molar-refractivity contribution in [3.8, 4) is 0 Å². The quantitative estimate of drug-likeness (QED) is 0.671. The fourth-order valence-corrected chi connectivity index (χ4v) is 2.73.